The number of fused-ring (bicyclic) bond motifs is 2. The number of urea groups is 1. The van der Waals surface area contributed by atoms with Crippen molar-refractivity contribution in [3.05, 3.63) is 40.9 Å². The number of carbonyl (C=O) groups is 2. The molecule has 0 saturated heterocycles. The maximum atomic E-state index is 15.3. The lowest BCUT2D eigenvalue weighted by Gasteiger charge is -2.28. The van der Waals surface area contributed by atoms with E-state index in [0.29, 0.717) is 21.9 Å². The van der Waals surface area contributed by atoms with E-state index in [2.05, 4.69) is 20.6 Å². The highest BCUT2D eigenvalue weighted by atomic mass is 35.5. The second-order valence-corrected chi connectivity index (χ2v) is 8.21. The first-order valence-electron chi connectivity index (χ1n) is 10.2. The predicted octanol–water partition coefficient (Wildman–Crippen LogP) is 4.80. The van der Waals surface area contributed by atoms with Gasteiger partial charge in [-0.15, -0.1) is 0 Å². The maximum Gasteiger partial charge on any atom is 0.412 e. The molecule has 2 aromatic heterocycles. The molecule has 1 aromatic carbocycles. The number of hydrogen-bond acceptors (Lipinski definition) is 5. The number of pyridine rings is 2. The molecule has 1 aliphatic rings. The predicted molar refractivity (Wildman–Crippen MR) is 123 cm³/mol. The van der Waals surface area contributed by atoms with Crippen LogP contribution < -0.4 is 20.3 Å². The maximum absolute atomic E-state index is 15.3. The van der Waals surface area contributed by atoms with Crippen molar-refractivity contribution >= 4 is 46.0 Å². The van der Waals surface area contributed by atoms with Crippen LogP contribution in [0.25, 0.3) is 21.9 Å². The lowest BCUT2D eigenvalue weighted by atomic mass is 9.97. The summed E-state index contributed by atoms with van der Waals surface area (Å²) in [6, 6.07) is 2.66. The Morgan fingerprint density at radius 3 is 2.70 bits per heavy atom. The van der Waals surface area contributed by atoms with Gasteiger partial charge in [-0.1, -0.05) is 11.6 Å². The van der Waals surface area contributed by atoms with Crippen LogP contribution in [0.1, 0.15) is 19.4 Å². The van der Waals surface area contributed by atoms with Gasteiger partial charge < -0.3 is 15.2 Å². The number of carbonyl (C=O) groups excluding carboxylic acids is 1. The van der Waals surface area contributed by atoms with Crippen LogP contribution in [0.2, 0.25) is 5.02 Å². The molecule has 1 aliphatic heterocycles. The zero-order valence-electron chi connectivity index (χ0n) is 18.1. The van der Waals surface area contributed by atoms with E-state index in [0.717, 1.165) is 4.90 Å². The molecule has 0 unspecified atom stereocenters. The molecule has 0 bridgehead atoms. The topological polar surface area (TPSA) is 117 Å². The van der Waals surface area contributed by atoms with Crippen molar-refractivity contribution in [2.45, 2.75) is 26.8 Å². The Hall–Kier alpha value is -3.66. The summed E-state index contributed by atoms with van der Waals surface area (Å²) in [6.07, 6.45) is 1.66. The van der Waals surface area contributed by atoms with Gasteiger partial charge in [0.1, 0.15) is 23.9 Å². The highest BCUT2D eigenvalue weighted by Crippen LogP contribution is 2.41. The lowest BCUT2D eigenvalue weighted by molar-refractivity contribution is 0.196. The SMILES string of the molecule is Cc1c(-c2cc3cc(NC(=O)NC(C)C)ncc3c(Cl)c2F)cnc2c1N(C(=O)O)CCO2. The molecule has 4 rings (SSSR count). The minimum atomic E-state index is -1.15. The number of amides is 3. The Morgan fingerprint density at radius 1 is 1.24 bits per heavy atom. The van der Waals surface area contributed by atoms with Crippen LogP contribution in [-0.2, 0) is 0 Å². The number of rotatable bonds is 3. The quantitative estimate of drug-likeness (QED) is 0.503. The van der Waals surface area contributed by atoms with Crippen molar-refractivity contribution in [1.82, 2.24) is 15.3 Å². The van der Waals surface area contributed by atoms with Crippen molar-refractivity contribution in [3.63, 3.8) is 0 Å². The largest absolute Gasteiger partial charge is 0.474 e. The highest BCUT2D eigenvalue weighted by Gasteiger charge is 2.29. The molecule has 3 heterocycles. The van der Waals surface area contributed by atoms with Gasteiger partial charge in [-0.2, -0.15) is 0 Å². The van der Waals surface area contributed by atoms with E-state index in [4.69, 9.17) is 16.3 Å². The van der Waals surface area contributed by atoms with Gasteiger partial charge >= 0.3 is 12.1 Å². The number of carboxylic acid groups (broad SMARTS) is 1. The van der Waals surface area contributed by atoms with Crippen LogP contribution in [0.15, 0.2) is 24.5 Å². The normalized spacial score (nSPS) is 13.0. The van der Waals surface area contributed by atoms with E-state index in [1.165, 1.54) is 12.4 Å². The fraction of sp³-hybridized carbons (Fsp3) is 0.273. The first-order chi connectivity index (χ1) is 15.7. The van der Waals surface area contributed by atoms with Crippen LogP contribution in [0.4, 0.5) is 25.5 Å². The Balaban J connectivity index is 1.83. The van der Waals surface area contributed by atoms with E-state index in [9.17, 15) is 14.7 Å². The third kappa shape index (κ3) is 4.21. The number of hydrogen-bond donors (Lipinski definition) is 3. The van der Waals surface area contributed by atoms with Crippen molar-refractivity contribution in [1.29, 1.82) is 0 Å². The molecular weight excluding hydrogens is 453 g/mol. The molecule has 0 spiro atoms. The van der Waals surface area contributed by atoms with Gasteiger partial charge in [0, 0.05) is 34.9 Å². The summed E-state index contributed by atoms with van der Waals surface area (Å²) in [7, 11) is 0. The van der Waals surface area contributed by atoms with Gasteiger partial charge in [0.15, 0.2) is 0 Å². The third-order valence-corrected chi connectivity index (χ3v) is 5.55. The molecular formula is C22H21ClFN5O4. The van der Waals surface area contributed by atoms with E-state index < -0.39 is 17.9 Å². The zero-order valence-corrected chi connectivity index (χ0v) is 18.8. The van der Waals surface area contributed by atoms with Gasteiger partial charge in [-0.25, -0.2) is 23.9 Å². The summed E-state index contributed by atoms with van der Waals surface area (Å²) >= 11 is 6.32. The van der Waals surface area contributed by atoms with Crippen LogP contribution in [0, 0.1) is 12.7 Å². The number of anilines is 2. The molecule has 11 heteroatoms. The van der Waals surface area contributed by atoms with Gasteiger partial charge in [0.25, 0.3) is 0 Å². The fourth-order valence-electron chi connectivity index (χ4n) is 3.71. The summed E-state index contributed by atoms with van der Waals surface area (Å²) < 4.78 is 20.8. The molecule has 33 heavy (non-hydrogen) atoms. The average Bonchev–Trinajstić information content (AvgIpc) is 2.75. The highest BCUT2D eigenvalue weighted by molar-refractivity contribution is 6.36. The minimum Gasteiger partial charge on any atom is -0.474 e. The summed E-state index contributed by atoms with van der Waals surface area (Å²) in [4.78, 5) is 33.2. The van der Waals surface area contributed by atoms with Crippen LogP contribution >= 0.6 is 11.6 Å². The summed E-state index contributed by atoms with van der Waals surface area (Å²) in [6.45, 7) is 5.64. The molecule has 3 amide bonds. The van der Waals surface area contributed by atoms with Gasteiger partial charge in [-0.05, 0) is 43.9 Å². The van der Waals surface area contributed by atoms with Crippen LogP contribution in [-0.4, -0.2) is 46.4 Å². The zero-order chi connectivity index (χ0) is 23.9. The standard InChI is InChI=1S/C22H21ClFN5O4/c1-10(2)27-21(30)28-16-7-12-6-13(18(24)17(23)15(12)9-25-16)14-8-26-20-19(11(14)3)29(22(31)32)4-5-33-20/h6-10H,4-5H2,1-3H3,(H,31,32)(H2,25,27,28,30). The van der Waals surface area contributed by atoms with Crippen molar-refractivity contribution in [3.8, 4) is 17.0 Å². The van der Waals surface area contributed by atoms with Crippen molar-refractivity contribution < 1.29 is 23.8 Å². The molecule has 0 radical (unpaired) electrons. The van der Waals surface area contributed by atoms with E-state index in [1.54, 1.807) is 19.1 Å². The number of ether oxygens (including phenoxy) is 1. The number of nitrogens with one attached hydrogen (secondary N) is 2. The molecule has 0 saturated carbocycles. The fourth-order valence-corrected chi connectivity index (χ4v) is 3.97. The molecule has 0 fully saturated rings. The minimum absolute atomic E-state index is 0.0607. The van der Waals surface area contributed by atoms with Gasteiger partial charge in [-0.3, -0.25) is 10.2 Å². The Kier molecular flexibility index (Phi) is 5.94. The van der Waals surface area contributed by atoms with Gasteiger partial charge in [0.2, 0.25) is 5.88 Å². The molecule has 172 valence electrons. The second kappa shape index (κ2) is 8.70. The first kappa shape index (κ1) is 22.5. The Bertz CT molecular complexity index is 1280. The molecule has 0 atom stereocenters. The van der Waals surface area contributed by atoms with Crippen molar-refractivity contribution in [2.24, 2.45) is 0 Å². The molecule has 3 aromatic rings. The first-order valence-corrected chi connectivity index (χ1v) is 10.5. The number of aromatic nitrogens is 2. The molecule has 0 aliphatic carbocycles. The molecule has 9 nitrogen and oxygen atoms in total. The smallest absolute Gasteiger partial charge is 0.412 e. The monoisotopic (exact) mass is 473 g/mol. The Morgan fingerprint density at radius 2 is 2.00 bits per heavy atom. The number of benzene rings is 1. The van der Waals surface area contributed by atoms with E-state index in [-0.39, 0.29) is 47.2 Å². The van der Waals surface area contributed by atoms with Gasteiger partial charge in [0.05, 0.1) is 11.6 Å². The molecule has 3 N–H and O–H groups in total. The number of halogens is 2. The van der Waals surface area contributed by atoms with Crippen LogP contribution in [0.3, 0.4) is 0 Å². The number of nitrogens with zero attached hydrogens (tertiary/aromatic N) is 3. The summed E-state index contributed by atoms with van der Waals surface area (Å²) in [5.74, 6) is -0.253. The third-order valence-electron chi connectivity index (χ3n) is 5.18. The lowest BCUT2D eigenvalue weighted by Crippen LogP contribution is -2.37. The van der Waals surface area contributed by atoms with E-state index >= 15 is 4.39 Å². The second-order valence-electron chi connectivity index (χ2n) is 7.83. The van der Waals surface area contributed by atoms with Crippen LogP contribution in [0.5, 0.6) is 5.88 Å². The average molecular weight is 474 g/mol. The van der Waals surface area contributed by atoms with Crippen molar-refractivity contribution in [2.75, 3.05) is 23.4 Å². The summed E-state index contributed by atoms with van der Waals surface area (Å²) in [5, 5.41) is 15.7. The summed E-state index contributed by atoms with van der Waals surface area (Å²) in [5.41, 5.74) is 1.26. The Labute approximate surface area is 193 Å². The van der Waals surface area contributed by atoms with E-state index in [1.807, 2.05) is 13.8 Å².